The summed E-state index contributed by atoms with van der Waals surface area (Å²) in [6.45, 7) is 15.6. The van der Waals surface area contributed by atoms with Gasteiger partial charge in [-0.3, -0.25) is 4.79 Å². The summed E-state index contributed by atoms with van der Waals surface area (Å²) >= 11 is 7.55. The van der Waals surface area contributed by atoms with E-state index in [1.807, 2.05) is 12.1 Å². The molecule has 1 aromatic carbocycles. The van der Waals surface area contributed by atoms with Gasteiger partial charge < -0.3 is 24.6 Å². The fraction of sp³-hybridized carbons (Fsp3) is 0.679. The van der Waals surface area contributed by atoms with Crippen LogP contribution in [0.3, 0.4) is 0 Å². The molecule has 1 amide bonds. The predicted octanol–water partition coefficient (Wildman–Crippen LogP) is 5.23. The molecular formula is C28H40ClNO7S. The number of esters is 2. The van der Waals surface area contributed by atoms with Crippen molar-refractivity contribution in [3.63, 3.8) is 0 Å². The molecule has 10 heteroatoms. The summed E-state index contributed by atoms with van der Waals surface area (Å²) in [5.41, 5.74) is -4.20. The number of benzene rings is 1. The Kier molecular flexibility index (Phi) is 8.48. The van der Waals surface area contributed by atoms with Crippen LogP contribution in [-0.2, 0) is 23.8 Å². The molecule has 0 bridgehead atoms. The molecule has 0 heterocycles. The summed E-state index contributed by atoms with van der Waals surface area (Å²) < 4.78 is 17.0. The molecule has 212 valence electrons. The van der Waals surface area contributed by atoms with E-state index in [1.165, 1.54) is 11.8 Å². The van der Waals surface area contributed by atoms with Crippen LogP contribution in [-0.4, -0.2) is 57.3 Å². The third-order valence-corrected chi connectivity index (χ3v) is 7.69. The zero-order valence-electron chi connectivity index (χ0n) is 23.6. The van der Waals surface area contributed by atoms with E-state index in [0.717, 1.165) is 4.90 Å². The fourth-order valence-corrected chi connectivity index (χ4v) is 6.60. The van der Waals surface area contributed by atoms with E-state index in [0.29, 0.717) is 5.02 Å². The maximum atomic E-state index is 14.0. The van der Waals surface area contributed by atoms with Crippen LogP contribution in [0.1, 0.15) is 62.3 Å². The third-order valence-electron chi connectivity index (χ3n) is 6.34. The van der Waals surface area contributed by atoms with E-state index >= 15 is 0 Å². The summed E-state index contributed by atoms with van der Waals surface area (Å²) in [7, 11) is 0. The minimum absolute atomic E-state index is 0.255. The van der Waals surface area contributed by atoms with Gasteiger partial charge in [-0.05, 0) is 80.5 Å². The Morgan fingerprint density at radius 2 is 1.55 bits per heavy atom. The summed E-state index contributed by atoms with van der Waals surface area (Å²) in [6, 6.07) is 7.23. The van der Waals surface area contributed by atoms with Gasteiger partial charge in [-0.1, -0.05) is 17.7 Å². The summed E-state index contributed by atoms with van der Waals surface area (Å²) in [5, 5.41) is 14.9. The molecule has 0 spiro atoms. The first-order valence-corrected chi connectivity index (χ1v) is 14.2. The number of hydrogen-bond donors (Lipinski definition) is 2. The number of thioether (sulfide) groups is 1. The first-order chi connectivity index (χ1) is 17.2. The number of aliphatic hydroxyl groups is 1. The van der Waals surface area contributed by atoms with E-state index in [-0.39, 0.29) is 5.75 Å². The molecule has 38 heavy (non-hydrogen) atoms. The van der Waals surface area contributed by atoms with Crippen molar-refractivity contribution in [2.75, 3.05) is 5.75 Å². The average molecular weight is 570 g/mol. The number of ether oxygens (including phenoxy) is 3. The second-order valence-electron chi connectivity index (χ2n) is 13.0. The second kappa shape index (κ2) is 10.5. The summed E-state index contributed by atoms with van der Waals surface area (Å²) in [5.74, 6) is -3.85. The van der Waals surface area contributed by atoms with Crippen LogP contribution in [0, 0.1) is 23.7 Å². The Bertz CT molecular complexity index is 1070. The molecule has 2 saturated carbocycles. The first kappa shape index (κ1) is 30.6. The van der Waals surface area contributed by atoms with Crippen LogP contribution in [0.5, 0.6) is 0 Å². The molecule has 6 atom stereocenters. The van der Waals surface area contributed by atoms with Crippen molar-refractivity contribution in [2.24, 2.45) is 23.7 Å². The van der Waals surface area contributed by atoms with Crippen LogP contribution < -0.4 is 5.32 Å². The van der Waals surface area contributed by atoms with E-state index in [9.17, 15) is 19.5 Å². The number of amides is 1. The number of nitrogens with one attached hydrogen (secondary N) is 1. The van der Waals surface area contributed by atoms with Crippen molar-refractivity contribution in [2.45, 2.75) is 95.7 Å². The van der Waals surface area contributed by atoms with E-state index in [1.54, 1.807) is 74.4 Å². The molecule has 8 nitrogen and oxygen atoms in total. The average Bonchev–Trinajstić information content (AvgIpc) is 3.40. The van der Waals surface area contributed by atoms with Gasteiger partial charge in [0.1, 0.15) is 16.8 Å². The normalized spacial score (nSPS) is 28.8. The lowest BCUT2D eigenvalue weighted by molar-refractivity contribution is -0.169. The Balaban J connectivity index is 2.05. The van der Waals surface area contributed by atoms with Gasteiger partial charge >= 0.3 is 18.0 Å². The number of fused-ring (bicyclic) bond motifs is 1. The van der Waals surface area contributed by atoms with Gasteiger partial charge in [-0.15, -0.1) is 11.8 Å². The molecule has 0 saturated heterocycles. The summed E-state index contributed by atoms with van der Waals surface area (Å²) in [6.07, 6.45) is -1.91. The molecular weight excluding hydrogens is 530 g/mol. The van der Waals surface area contributed by atoms with E-state index in [4.69, 9.17) is 25.8 Å². The molecule has 2 aliphatic carbocycles. The van der Waals surface area contributed by atoms with Gasteiger partial charge in [0, 0.05) is 33.4 Å². The zero-order valence-corrected chi connectivity index (χ0v) is 25.2. The zero-order chi connectivity index (χ0) is 28.8. The van der Waals surface area contributed by atoms with Gasteiger partial charge in [0.15, 0.2) is 5.54 Å². The van der Waals surface area contributed by atoms with E-state index < -0.39 is 70.1 Å². The number of carbonyl (C=O) groups excluding carboxylic acids is 3. The van der Waals surface area contributed by atoms with Crippen LogP contribution in [0.2, 0.25) is 5.02 Å². The minimum Gasteiger partial charge on any atom is -0.460 e. The van der Waals surface area contributed by atoms with Crippen molar-refractivity contribution < 1.29 is 33.7 Å². The Labute approximate surface area is 234 Å². The van der Waals surface area contributed by atoms with Gasteiger partial charge in [0.2, 0.25) is 0 Å². The first-order valence-electron chi connectivity index (χ1n) is 12.8. The number of carbonyl (C=O) groups is 3. The second-order valence-corrected chi connectivity index (χ2v) is 14.6. The van der Waals surface area contributed by atoms with Crippen molar-refractivity contribution >= 4 is 41.4 Å². The molecule has 1 aromatic rings. The highest BCUT2D eigenvalue weighted by molar-refractivity contribution is 7.99. The molecule has 2 fully saturated rings. The Hall–Kier alpha value is -1.97. The van der Waals surface area contributed by atoms with Gasteiger partial charge in [0.05, 0.1) is 12.0 Å². The maximum Gasteiger partial charge on any atom is 0.408 e. The standard InChI is InChI=1S/C28H40ClNO7S/c1-25(2,3)35-22(32)19-18-20(19)28(23(33)36-26(4,5)6,30-24(34)37-27(7,8)9)17(21(18)31)14-38-16-12-10-11-15(29)13-16/h10-13,17-21,31H,14H2,1-9H3,(H,30,34)/t17-,18+,19+,20+,21-,28+/m1/s1. The lowest BCUT2D eigenvalue weighted by atomic mass is 9.80. The smallest absolute Gasteiger partial charge is 0.408 e. The Morgan fingerprint density at radius 1 is 0.974 bits per heavy atom. The van der Waals surface area contributed by atoms with Crippen LogP contribution in [0.4, 0.5) is 4.79 Å². The highest BCUT2D eigenvalue weighted by Crippen LogP contribution is 2.66. The van der Waals surface area contributed by atoms with Gasteiger partial charge in [0.25, 0.3) is 0 Å². The largest absolute Gasteiger partial charge is 0.460 e. The van der Waals surface area contributed by atoms with Crippen molar-refractivity contribution in [3.8, 4) is 0 Å². The third kappa shape index (κ3) is 6.96. The quantitative estimate of drug-likeness (QED) is 0.272. The monoisotopic (exact) mass is 569 g/mol. The molecule has 0 unspecified atom stereocenters. The number of alkyl carbamates (subject to hydrolysis) is 1. The molecule has 2 aliphatic rings. The highest BCUT2D eigenvalue weighted by atomic mass is 35.5. The van der Waals surface area contributed by atoms with Gasteiger partial charge in [-0.25, -0.2) is 9.59 Å². The topological polar surface area (TPSA) is 111 Å². The summed E-state index contributed by atoms with van der Waals surface area (Å²) in [4.78, 5) is 41.2. The maximum absolute atomic E-state index is 14.0. The van der Waals surface area contributed by atoms with Crippen molar-refractivity contribution in [3.05, 3.63) is 29.3 Å². The lowest BCUT2D eigenvalue weighted by Crippen LogP contribution is -2.64. The van der Waals surface area contributed by atoms with Crippen molar-refractivity contribution in [1.29, 1.82) is 0 Å². The fourth-order valence-electron chi connectivity index (χ4n) is 5.13. The SMILES string of the molecule is CC(C)(C)OC(=O)N[C@]1(C(=O)OC(C)(C)C)[C@@H]2[C@@H](C(=O)OC(C)(C)C)[C@@H]2[C@H](O)[C@H]1CSc1cccc(Cl)c1. The molecule has 0 radical (unpaired) electrons. The van der Waals surface area contributed by atoms with E-state index in [2.05, 4.69) is 5.32 Å². The van der Waals surface area contributed by atoms with Crippen molar-refractivity contribution in [1.82, 2.24) is 5.32 Å². The Morgan fingerprint density at radius 3 is 2.08 bits per heavy atom. The lowest BCUT2D eigenvalue weighted by Gasteiger charge is -2.40. The number of hydrogen-bond acceptors (Lipinski definition) is 8. The number of halogens is 1. The number of rotatable bonds is 6. The van der Waals surface area contributed by atoms with Crippen LogP contribution in [0.15, 0.2) is 29.2 Å². The van der Waals surface area contributed by atoms with Crippen LogP contribution >= 0.6 is 23.4 Å². The number of aliphatic hydroxyl groups excluding tert-OH is 1. The molecule has 0 aromatic heterocycles. The highest BCUT2D eigenvalue weighted by Gasteiger charge is 2.80. The molecule has 3 rings (SSSR count). The predicted molar refractivity (Wildman–Crippen MR) is 146 cm³/mol. The molecule has 0 aliphatic heterocycles. The van der Waals surface area contributed by atoms with Crippen LogP contribution in [0.25, 0.3) is 0 Å². The minimum atomic E-state index is -1.72. The van der Waals surface area contributed by atoms with Gasteiger partial charge in [-0.2, -0.15) is 0 Å². The molecule has 2 N–H and O–H groups in total.